The first-order chi connectivity index (χ1) is 10.7. The largest absolute Gasteiger partial charge is 0.396 e. The highest BCUT2D eigenvalue weighted by molar-refractivity contribution is 4.86. The molecule has 132 valence electrons. The SMILES string of the molecule is CCCCCCCCCCCCN1CC(O)C(O)C(CO)C1. The molecule has 0 aromatic carbocycles. The van der Waals surface area contributed by atoms with E-state index < -0.39 is 12.2 Å². The lowest BCUT2D eigenvalue weighted by Crippen LogP contribution is -2.53. The average Bonchev–Trinajstić information content (AvgIpc) is 2.52. The van der Waals surface area contributed by atoms with Gasteiger partial charge in [-0.05, 0) is 13.0 Å². The number of aliphatic hydroxyl groups is 3. The average molecular weight is 315 g/mol. The zero-order valence-corrected chi connectivity index (χ0v) is 14.4. The summed E-state index contributed by atoms with van der Waals surface area (Å²) >= 11 is 0. The van der Waals surface area contributed by atoms with Crippen molar-refractivity contribution in [3.05, 3.63) is 0 Å². The Morgan fingerprint density at radius 3 is 1.91 bits per heavy atom. The van der Waals surface area contributed by atoms with Gasteiger partial charge >= 0.3 is 0 Å². The summed E-state index contributed by atoms with van der Waals surface area (Å²) in [5, 5.41) is 28.8. The van der Waals surface area contributed by atoms with Crippen LogP contribution in [0.15, 0.2) is 0 Å². The van der Waals surface area contributed by atoms with Crippen molar-refractivity contribution >= 4 is 0 Å². The van der Waals surface area contributed by atoms with Crippen LogP contribution in [0.5, 0.6) is 0 Å². The molecule has 4 heteroatoms. The molecule has 4 nitrogen and oxygen atoms in total. The van der Waals surface area contributed by atoms with Gasteiger partial charge in [-0.25, -0.2) is 0 Å². The highest BCUT2D eigenvalue weighted by Crippen LogP contribution is 2.18. The standard InChI is InChI=1S/C18H37NO3/c1-2-3-4-5-6-7-8-9-10-11-12-19-13-16(15-20)18(22)17(21)14-19/h16-18,20-22H,2-15H2,1H3. The quantitative estimate of drug-likeness (QED) is 0.484. The minimum Gasteiger partial charge on any atom is -0.396 e. The lowest BCUT2D eigenvalue weighted by Gasteiger charge is -2.38. The van der Waals surface area contributed by atoms with Gasteiger partial charge in [-0.2, -0.15) is 0 Å². The topological polar surface area (TPSA) is 63.9 Å². The maximum absolute atomic E-state index is 9.81. The van der Waals surface area contributed by atoms with E-state index in [2.05, 4.69) is 11.8 Å². The number of piperidine rings is 1. The van der Waals surface area contributed by atoms with Crippen molar-refractivity contribution in [2.45, 2.75) is 83.3 Å². The molecule has 3 atom stereocenters. The molecule has 1 saturated heterocycles. The number of hydrogen-bond donors (Lipinski definition) is 3. The summed E-state index contributed by atoms with van der Waals surface area (Å²) in [6.07, 6.45) is 11.8. The number of unbranched alkanes of at least 4 members (excludes halogenated alkanes) is 9. The Balaban J connectivity index is 1.96. The predicted molar refractivity (Wildman–Crippen MR) is 90.9 cm³/mol. The lowest BCUT2D eigenvalue weighted by atomic mass is 9.93. The van der Waals surface area contributed by atoms with E-state index in [4.69, 9.17) is 0 Å². The monoisotopic (exact) mass is 315 g/mol. The van der Waals surface area contributed by atoms with Gasteiger partial charge in [0.15, 0.2) is 0 Å². The number of aliphatic hydroxyl groups excluding tert-OH is 3. The molecule has 3 N–H and O–H groups in total. The molecule has 0 aliphatic carbocycles. The van der Waals surface area contributed by atoms with Crippen LogP contribution in [0.2, 0.25) is 0 Å². The van der Waals surface area contributed by atoms with Crippen molar-refractivity contribution in [1.82, 2.24) is 4.90 Å². The molecule has 1 aliphatic rings. The molecule has 1 heterocycles. The lowest BCUT2D eigenvalue weighted by molar-refractivity contribution is -0.0861. The Morgan fingerprint density at radius 1 is 0.818 bits per heavy atom. The molecule has 1 rings (SSSR count). The Labute approximate surface area is 136 Å². The van der Waals surface area contributed by atoms with Crippen LogP contribution in [0.25, 0.3) is 0 Å². The van der Waals surface area contributed by atoms with E-state index in [0.717, 1.165) is 13.0 Å². The van der Waals surface area contributed by atoms with E-state index in [1.54, 1.807) is 0 Å². The van der Waals surface area contributed by atoms with Crippen molar-refractivity contribution in [3.63, 3.8) is 0 Å². The predicted octanol–water partition coefficient (Wildman–Crippen LogP) is 2.55. The fourth-order valence-electron chi connectivity index (χ4n) is 3.37. The van der Waals surface area contributed by atoms with Crippen molar-refractivity contribution in [2.24, 2.45) is 5.92 Å². The van der Waals surface area contributed by atoms with Gasteiger partial charge in [0.05, 0.1) is 12.2 Å². The van der Waals surface area contributed by atoms with Gasteiger partial charge in [0, 0.05) is 25.6 Å². The molecule has 0 saturated carbocycles. The van der Waals surface area contributed by atoms with Gasteiger partial charge in [-0.15, -0.1) is 0 Å². The minimum atomic E-state index is -0.769. The van der Waals surface area contributed by atoms with Crippen LogP contribution in [0.1, 0.15) is 71.1 Å². The molecule has 0 aromatic rings. The van der Waals surface area contributed by atoms with E-state index >= 15 is 0 Å². The van der Waals surface area contributed by atoms with Crippen LogP contribution in [0.3, 0.4) is 0 Å². The van der Waals surface area contributed by atoms with Crippen LogP contribution < -0.4 is 0 Å². The third-order valence-electron chi connectivity index (χ3n) is 4.88. The molecule has 1 aliphatic heterocycles. The second kappa shape index (κ2) is 12.3. The van der Waals surface area contributed by atoms with Crippen molar-refractivity contribution in [1.29, 1.82) is 0 Å². The van der Waals surface area contributed by atoms with E-state index in [0.29, 0.717) is 13.1 Å². The van der Waals surface area contributed by atoms with Gasteiger partial charge in [-0.1, -0.05) is 64.7 Å². The first-order valence-corrected chi connectivity index (χ1v) is 9.38. The molecule has 0 amide bonds. The Hall–Kier alpha value is -0.160. The van der Waals surface area contributed by atoms with E-state index in [-0.39, 0.29) is 12.5 Å². The number of β-amino-alcohol motifs (C(OH)–C–C–N with tert-alkyl or cyclic N) is 1. The Kier molecular flexibility index (Phi) is 11.1. The van der Waals surface area contributed by atoms with E-state index in [1.807, 2.05) is 0 Å². The van der Waals surface area contributed by atoms with Gasteiger partial charge in [0.2, 0.25) is 0 Å². The zero-order valence-electron chi connectivity index (χ0n) is 14.4. The minimum absolute atomic E-state index is 0.0489. The second-order valence-corrected chi connectivity index (χ2v) is 6.94. The summed E-state index contributed by atoms with van der Waals surface area (Å²) in [5.74, 6) is -0.202. The molecule has 0 aromatic heterocycles. The first kappa shape index (κ1) is 19.9. The second-order valence-electron chi connectivity index (χ2n) is 6.94. The summed E-state index contributed by atoms with van der Waals surface area (Å²) in [6, 6.07) is 0. The fourth-order valence-corrected chi connectivity index (χ4v) is 3.37. The van der Waals surface area contributed by atoms with Crippen LogP contribution in [-0.2, 0) is 0 Å². The van der Waals surface area contributed by atoms with E-state index in [1.165, 1.54) is 57.8 Å². The maximum atomic E-state index is 9.81. The summed E-state index contributed by atoms with van der Waals surface area (Å²) in [7, 11) is 0. The van der Waals surface area contributed by atoms with Crippen molar-refractivity contribution in [2.75, 3.05) is 26.2 Å². The molecule has 0 radical (unpaired) electrons. The molecular formula is C18H37NO3. The summed E-state index contributed by atoms with van der Waals surface area (Å²) < 4.78 is 0. The number of hydrogen-bond acceptors (Lipinski definition) is 4. The normalized spacial score (nSPS) is 26.5. The summed E-state index contributed by atoms with van der Waals surface area (Å²) in [6.45, 7) is 4.41. The number of rotatable bonds is 12. The van der Waals surface area contributed by atoms with E-state index in [9.17, 15) is 15.3 Å². The van der Waals surface area contributed by atoms with Crippen LogP contribution in [-0.4, -0.2) is 58.7 Å². The van der Waals surface area contributed by atoms with Gasteiger partial charge in [0.25, 0.3) is 0 Å². The summed E-state index contributed by atoms with van der Waals surface area (Å²) in [4.78, 5) is 2.18. The molecule has 1 fully saturated rings. The van der Waals surface area contributed by atoms with Crippen LogP contribution >= 0.6 is 0 Å². The highest BCUT2D eigenvalue weighted by atomic mass is 16.3. The number of likely N-dealkylation sites (tertiary alicyclic amines) is 1. The molecule has 3 unspecified atom stereocenters. The highest BCUT2D eigenvalue weighted by Gasteiger charge is 2.33. The van der Waals surface area contributed by atoms with Gasteiger partial charge in [0.1, 0.15) is 0 Å². The third kappa shape index (κ3) is 7.91. The number of nitrogens with zero attached hydrogens (tertiary/aromatic N) is 1. The van der Waals surface area contributed by atoms with Crippen LogP contribution in [0.4, 0.5) is 0 Å². The van der Waals surface area contributed by atoms with Gasteiger partial charge in [-0.3, -0.25) is 0 Å². The molecule has 0 spiro atoms. The first-order valence-electron chi connectivity index (χ1n) is 9.38. The Morgan fingerprint density at radius 2 is 1.36 bits per heavy atom. The molecule has 22 heavy (non-hydrogen) atoms. The molecule has 0 bridgehead atoms. The van der Waals surface area contributed by atoms with Gasteiger partial charge < -0.3 is 20.2 Å². The van der Waals surface area contributed by atoms with Crippen LogP contribution in [0, 0.1) is 5.92 Å². The zero-order chi connectivity index (χ0) is 16.2. The smallest absolute Gasteiger partial charge is 0.0929 e. The maximum Gasteiger partial charge on any atom is 0.0929 e. The Bertz CT molecular complexity index is 263. The van der Waals surface area contributed by atoms with Crippen molar-refractivity contribution < 1.29 is 15.3 Å². The third-order valence-corrected chi connectivity index (χ3v) is 4.88. The summed E-state index contributed by atoms with van der Waals surface area (Å²) in [5.41, 5.74) is 0. The molecular weight excluding hydrogens is 278 g/mol. The fraction of sp³-hybridized carbons (Fsp3) is 1.00. The van der Waals surface area contributed by atoms with Crippen molar-refractivity contribution in [3.8, 4) is 0 Å².